The molecule has 0 saturated heterocycles. The smallest absolute Gasteiger partial charge is 0.384 e. The maximum atomic E-state index is 13.1. The van der Waals surface area contributed by atoms with Crippen LogP contribution in [0.2, 0.25) is 5.02 Å². The summed E-state index contributed by atoms with van der Waals surface area (Å²) in [5.41, 5.74) is 3.71. The van der Waals surface area contributed by atoms with Crippen LogP contribution in [0, 0.1) is 0 Å². The molecular formula is C19H15ClF3N5O3S2. The minimum Gasteiger partial charge on any atom is -0.384 e. The monoisotopic (exact) mass is 517 g/mol. The number of carbonyl (C=O) groups excluding carboxylic acids is 1. The normalized spacial score (nSPS) is 11.5. The number of alkyl halides is 3. The molecule has 0 aliphatic carbocycles. The molecule has 0 bridgehead atoms. The van der Waals surface area contributed by atoms with Crippen molar-refractivity contribution < 1.29 is 18.0 Å². The lowest BCUT2D eigenvalue weighted by molar-refractivity contribution is -0.137. The largest absolute Gasteiger partial charge is 0.417 e. The van der Waals surface area contributed by atoms with Crippen molar-refractivity contribution in [2.24, 2.45) is 14.1 Å². The van der Waals surface area contributed by atoms with Crippen molar-refractivity contribution in [2.45, 2.75) is 12.6 Å². The van der Waals surface area contributed by atoms with Crippen LogP contribution in [-0.4, -0.2) is 24.9 Å². The third kappa shape index (κ3) is 4.99. The Hall–Kier alpha value is -3.03. The highest BCUT2D eigenvalue weighted by Crippen LogP contribution is 2.37. The van der Waals surface area contributed by atoms with Gasteiger partial charge in [-0.05, 0) is 12.1 Å². The van der Waals surface area contributed by atoms with Gasteiger partial charge in [-0.1, -0.05) is 29.9 Å². The van der Waals surface area contributed by atoms with Gasteiger partial charge in [-0.3, -0.25) is 18.7 Å². The first kappa shape index (κ1) is 24.6. The molecule has 0 fully saturated rings. The molecule has 14 heteroatoms. The molecule has 0 aliphatic rings. The van der Waals surface area contributed by atoms with E-state index in [-0.39, 0.29) is 32.6 Å². The molecule has 33 heavy (non-hydrogen) atoms. The average Bonchev–Trinajstić information content (AvgIpc) is 3.18. The zero-order valence-corrected chi connectivity index (χ0v) is 19.4. The lowest BCUT2D eigenvalue weighted by Gasteiger charge is -2.12. The van der Waals surface area contributed by atoms with Gasteiger partial charge >= 0.3 is 11.9 Å². The van der Waals surface area contributed by atoms with Crippen molar-refractivity contribution in [1.82, 2.24) is 14.1 Å². The maximum Gasteiger partial charge on any atom is 0.417 e. The molecular weight excluding hydrogens is 503 g/mol. The second kappa shape index (κ2) is 9.08. The maximum absolute atomic E-state index is 13.1. The van der Waals surface area contributed by atoms with E-state index < -0.39 is 40.3 Å². The number of hydrogen-bond acceptors (Lipinski definition) is 7. The zero-order valence-electron chi connectivity index (χ0n) is 17.0. The van der Waals surface area contributed by atoms with E-state index in [1.54, 1.807) is 0 Å². The van der Waals surface area contributed by atoms with E-state index in [4.69, 9.17) is 29.6 Å². The van der Waals surface area contributed by atoms with Crippen molar-refractivity contribution in [1.29, 1.82) is 0 Å². The van der Waals surface area contributed by atoms with Crippen LogP contribution in [0.25, 0.3) is 11.3 Å². The molecule has 0 spiro atoms. The Kier molecular flexibility index (Phi) is 6.77. The van der Waals surface area contributed by atoms with Gasteiger partial charge in [0.1, 0.15) is 5.82 Å². The minimum absolute atomic E-state index is 0.0782. The predicted octanol–water partition coefficient (Wildman–Crippen LogP) is 3.21. The average molecular weight is 518 g/mol. The fraction of sp³-hybridized carbons (Fsp3) is 0.211. The van der Waals surface area contributed by atoms with Crippen LogP contribution >= 0.6 is 35.2 Å². The summed E-state index contributed by atoms with van der Waals surface area (Å²) in [6, 6.07) is 3.37. The van der Waals surface area contributed by atoms with E-state index in [2.05, 4.69) is 10.3 Å². The minimum atomic E-state index is -4.63. The molecule has 0 radical (unpaired) electrons. The Morgan fingerprint density at radius 3 is 2.58 bits per heavy atom. The van der Waals surface area contributed by atoms with Gasteiger partial charge in [0.2, 0.25) is 5.91 Å². The Balaban J connectivity index is 1.79. The van der Waals surface area contributed by atoms with E-state index in [9.17, 15) is 27.6 Å². The molecule has 0 unspecified atom stereocenters. The summed E-state index contributed by atoms with van der Waals surface area (Å²) in [5, 5.41) is 3.63. The van der Waals surface area contributed by atoms with Crippen molar-refractivity contribution in [3.8, 4) is 11.3 Å². The molecule has 3 aromatic rings. The molecule has 8 nitrogen and oxygen atoms in total. The highest BCUT2D eigenvalue weighted by atomic mass is 35.5. The summed E-state index contributed by atoms with van der Waals surface area (Å²) in [6.07, 6.45) is -5.03. The van der Waals surface area contributed by atoms with Gasteiger partial charge in [0.25, 0.3) is 5.56 Å². The van der Waals surface area contributed by atoms with Crippen molar-refractivity contribution in [2.75, 3.05) is 11.1 Å². The Morgan fingerprint density at radius 2 is 1.94 bits per heavy atom. The number of benzene rings is 1. The van der Waals surface area contributed by atoms with Crippen molar-refractivity contribution >= 4 is 56.9 Å². The molecule has 2 heterocycles. The second-order valence-corrected chi connectivity index (χ2v) is 8.60. The van der Waals surface area contributed by atoms with Crippen LogP contribution in [0.5, 0.6) is 0 Å². The number of anilines is 2. The topological polar surface area (TPSA) is 112 Å². The van der Waals surface area contributed by atoms with Gasteiger partial charge in [0, 0.05) is 29.9 Å². The van der Waals surface area contributed by atoms with Gasteiger partial charge in [0.15, 0.2) is 5.13 Å². The first-order valence-corrected chi connectivity index (χ1v) is 10.7. The SMILES string of the molecule is Cn1c(N)c(C(=S)CC(=O)Nc2nc(-c3ccc(Cl)c(C(F)(F)F)c3)cs2)c(=O)n(C)c1=O. The molecule has 3 N–H and O–H groups in total. The Morgan fingerprint density at radius 1 is 1.27 bits per heavy atom. The molecule has 1 amide bonds. The van der Waals surface area contributed by atoms with Crippen LogP contribution in [0.1, 0.15) is 17.5 Å². The summed E-state index contributed by atoms with van der Waals surface area (Å²) in [6.45, 7) is 0. The molecule has 0 atom stereocenters. The number of amides is 1. The number of hydrogen-bond donors (Lipinski definition) is 2. The fourth-order valence-electron chi connectivity index (χ4n) is 2.89. The van der Waals surface area contributed by atoms with Crippen molar-refractivity contribution in [3.63, 3.8) is 0 Å². The summed E-state index contributed by atoms with van der Waals surface area (Å²) in [4.78, 5) is 40.7. The highest BCUT2D eigenvalue weighted by Gasteiger charge is 2.33. The number of thiocarbonyl (C=S) groups is 1. The zero-order chi connectivity index (χ0) is 24.7. The van der Waals surface area contributed by atoms with E-state index in [1.807, 2.05) is 0 Å². The Bertz CT molecular complexity index is 1390. The number of nitrogens with zero attached hydrogens (tertiary/aromatic N) is 3. The van der Waals surface area contributed by atoms with Gasteiger partial charge in [-0.25, -0.2) is 9.78 Å². The fourth-order valence-corrected chi connectivity index (χ4v) is 4.17. The van der Waals surface area contributed by atoms with Gasteiger partial charge in [-0.2, -0.15) is 13.2 Å². The first-order valence-electron chi connectivity index (χ1n) is 9.02. The van der Waals surface area contributed by atoms with E-state index >= 15 is 0 Å². The number of nitrogen functional groups attached to an aromatic ring is 1. The molecule has 1 aromatic carbocycles. The second-order valence-electron chi connectivity index (χ2n) is 6.84. The van der Waals surface area contributed by atoms with E-state index in [0.717, 1.165) is 32.6 Å². The summed E-state index contributed by atoms with van der Waals surface area (Å²) < 4.78 is 41.1. The number of halogens is 4. The summed E-state index contributed by atoms with van der Waals surface area (Å²) in [5.74, 6) is -0.788. The number of thiazole rings is 1. The lowest BCUT2D eigenvalue weighted by Crippen LogP contribution is -2.41. The molecule has 2 aromatic heterocycles. The molecule has 0 saturated carbocycles. The number of nitrogens with one attached hydrogen (secondary N) is 1. The highest BCUT2D eigenvalue weighted by molar-refractivity contribution is 7.81. The van der Waals surface area contributed by atoms with Crippen LogP contribution in [0.4, 0.5) is 24.1 Å². The number of aromatic nitrogens is 3. The first-order chi connectivity index (χ1) is 15.3. The molecule has 3 rings (SSSR count). The van der Waals surface area contributed by atoms with E-state index in [1.165, 1.54) is 25.5 Å². The number of rotatable bonds is 5. The third-order valence-corrected chi connectivity index (χ3v) is 6.06. The summed E-state index contributed by atoms with van der Waals surface area (Å²) >= 11 is 11.8. The molecule has 174 valence electrons. The van der Waals surface area contributed by atoms with E-state index in [0.29, 0.717) is 0 Å². The van der Waals surface area contributed by atoms with Gasteiger partial charge < -0.3 is 11.1 Å². The van der Waals surface area contributed by atoms with Crippen LogP contribution < -0.4 is 22.3 Å². The van der Waals surface area contributed by atoms with Gasteiger partial charge in [-0.15, -0.1) is 11.3 Å². The quantitative estimate of drug-likeness (QED) is 0.397. The third-order valence-electron chi connectivity index (χ3n) is 4.63. The Labute approximate surface area is 198 Å². The standard InChI is InChI=1S/C19H15ClF3N5O3S2/c1-27-15(24)14(16(30)28(2)18(27)31)12(32)6-13(29)26-17-25-11(7-33-17)8-3-4-10(20)9(5-8)19(21,22)23/h3-5,7H,6,24H2,1-2H3,(H,25,26,29). The number of nitrogens with two attached hydrogens (primary N) is 1. The van der Waals surface area contributed by atoms with Gasteiger partial charge in [0.05, 0.1) is 28.3 Å². The summed E-state index contributed by atoms with van der Waals surface area (Å²) in [7, 11) is 2.62. The van der Waals surface area contributed by atoms with Crippen LogP contribution in [0.15, 0.2) is 33.2 Å². The predicted molar refractivity (Wildman–Crippen MR) is 124 cm³/mol. The van der Waals surface area contributed by atoms with Crippen LogP contribution in [0.3, 0.4) is 0 Å². The van der Waals surface area contributed by atoms with Crippen molar-refractivity contribution in [3.05, 3.63) is 60.6 Å². The molecule has 0 aliphatic heterocycles. The number of carbonyl (C=O) groups is 1. The lowest BCUT2D eigenvalue weighted by atomic mass is 10.1. The van der Waals surface area contributed by atoms with Crippen LogP contribution in [-0.2, 0) is 25.1 Å².